The van der Waals surface area contributed by atoms with E-state index in [4.69, 9.17) is 10.2 Å². The van der Waals surface area contributed by atoms with Crippen molar-refractivity contribution in [1.82, 2.24) is 14.3 Å². The lowest BCUT2D eigenvalue weighted by Crippen LogP contribution is -2.34. The Balaban J connectivity index is 2.60. The van der Waals surface area contributed by atoms with Crippen molar-refractivity contribution in [2.24, 2.45) is 0 Å². The van der Waals surface area contributed by atoms with Gasteiger partial charge in [0.15, 0.2) is 0 Å². The summed E-state index contributed by atoms with van der Waals surface area (Å²) in [4.78, 5) is 24.4. The number of aromatic hydroxyl groups is 1. The molecule has 2 heterocycles. The predicted molar refractivity (Wildman–Crippen MR) is 99.3 cm³/mol. The average molecular weight is 372 g/mol. The van der Waals surface area contributed by atoms with Crippen LogP contribution < -0.4 is 21.7 Å². The van der Waals surface area contributed by atoms with E-state index in [0.717, 1.165) is 4.57 Å². The number of H-pyrrole nitrogens is 1. The topological polar surface area (TPSA) is 144 Å². The zero-order chi connectivity index (χ0) is 20.1. The van der Waals surface area contributed by atoms with Crippen LogP contribution in [0.3, 0.4) is 0 Å². The van der Waals surface area contributed by atoms with Crippen LogP contribution in [0.2, 0.25) is 0 Å². The molecule has 0 atom stereocenters. The van der Waals surface area contributed by atoms with Crippen LogP contribution >= 0.6 is 0 Å². The van der Waals surface area contributed by atoms with E-state index in [0.29, 0.717) is 10.9 Å². The third-order valence-electron chi connectivity index (χ3n) is 4.09. The summed E-state index contributed by atoms with van der Waals surface area (Å²) in [5.74, 6) is -0.378. The Labute approximate surface area is 153 Å². The van der Waals surface area contributed by atoms with Crippen LogP contribution in [0.5, 0.6) is 5.88 Å². The predicted octanol–water partition coefficient (Wildman–Crippen LogP) is -1.89. The Hall–Kier alpha value is -3.35. The first-order valence-corrected chi connectivity index (χ1v) is 8.11. The molecular weight excluding hydrogens is 352 g/mol. The Kier molecular flexibility index (Phi) is 6.18. The number of pyridine rings is 1. The van der Waals surface area contributed by atoms with Crippen molar-refractivity contribution in [2.75, 3.05) is 13.2 Å². The standard InChI is InChI=1S/C18H20N4O5/c1-11-13(16(25)21(6-8-23)17(26)15(11)10-19)4-3-5-14-12(2)20-22(7-9-24)18(14)27/h3-5,20,23-25H,2,6-9H2,1H3. The van der Waals surface area contributed by atoms with Gasteiger partial charge in [-0.15, -0.1) is 0 Å². The molecule has 0 aliphatic carbocycles. The van der Waals surface area contributed by atoms with E-state index in [1.807, 2.05) is 6.07 Å². The molecule has 9 heteroatoms. The van der Waals surface area contributed by atoms with Crippen LogP contribution in [0.15, 0.2) is 15.7 Å². The Morgan fingerprint density at radius 1 is 1.22 bits per heavy atom. The number of nitrogens with one attached hydrogen (secondary N) is 1. The van der Waals surface area contributed by atoms with Crippen molar-refractivity contribution in [1.29, 1.82) is 5.26 Å². The molecule has 27 heavy (non-hydrogen) atoms. The van der Waals surface area contributed by atoms with E-state index in [1.54, 1.807) is 0 Å². The van der Waals surface area contributed by atoms with Gasteiger partial charge in [0.05, 0.1) is 36.9 Å². The third-order valence-corrected chi connectivity index (χ3v) is 4.09. The maximum Gasteiger partial charge on any atom is 0.274 e. The molecule has 0 spiro atoms. The quantitative estimate of drug-likeness (QED) is 0.467. The lowest BCUT2D eigenvalue weighted by Gasteiger charge is -2.13. The first-order chi connectivity index (χ1) is 12.9. The highest BCUT2D eigenvalue weighted by atomic mass is 16.3. The second kappa shape index (κ2) is 8.35. The number of nitriles is 1. The number of hydrogen-bond acceptors (Lipinski definition) is 6. The summed E-state index contributed by atoms with van der Waals surface area (Å²) < 4.78 is 2.14. The lowest BCUT2D eigenvalue weighted by atomic mass is 10.0. The summed E-state index contributed by atoms with van der Waals surface area (Å²) in [6, 6.07) is 1.81. The molecule has 142 valence electrons. The van der Waals surface area contributed by atoms with Crippen LogP contribution in [0.1, 0.15) is 16.7 Å². The van der Waals surface area contributed by atoms with Gasteiger partial charge in [0, 0.05) is 5.56 Å². The van der Waals surface area contributed by atoms with Gasteiger partial charge in [0.2, 0.25) is 5.88 Å². The fourth-order valence-electron chi connectivity index (χ4n) is 2.70. The fourth-order valence-corrected chi connectivity index (χ4v) is 2.70. The van der Waals surface area contributed by atoms with Gasteiger partial charge in [-0.05, 0) is 24.6 Å². The van der Waals surface area contributed by atoms with E-state index in [9.17, 15) is 20.0 Å². The molecule has 0 saturated carbocycles. The molecule has 0 unspecified atom stereocenters. The molecule has 0 aliphatic heterocycles. The summed E-state index contributed by atoms with van der Waals surface area (Å²) in [6.07, 6.45) is 4.42. The minimum absolute atomic E-state index is 0.108. The molecular formula is C18H20N4O5. The van der Waals surface area contributed by atoms with Crippen molar-refractivity contribution >= 4 is 18.7 Å². The second-order valence-corrected chi connectivity index (χ2v) is 5.74. The molecule has 2 aromatic rings. The zero-order valence-electron chi connectivity index (χ0n) is 14.8. The maximum absolute atomic E-state index is 12.2. The molecule has 2 rings (SSSR count). The minimum atomic E-state index is -0.680. The molecule has 4 N–H and O–H groups in total. The van der Waals surface area contributed by atoms with Gasteiger partial charge in [-0.25, -0.2) is 4.68 Å². The first kappa shape index (κ1) is 20.0. The maximum atomic E-state index is 12.2. The highest BCUT2D eigenvalue weighted by molar-refractivity contribution is 5.66. The Morgan fingerprint density at radius 3 is 2.48 bits per heavy atom. The monoisotopic (exact) mass is 372 g/mol. The number of hydrogen-bond donors (Lipinski definition) is 4. The smallest absolute Gasteiger partial charge is 0.274 e. The summed E-state index contributed by atoms with van der Waals surface area (Å²) in [6.45, 7) is 4.63. The molecule has 0 amide bonds. The highest BCUT2D eigenvalue weighted by Gasteiger charge is 2.16. The summed E-state index contributed by atoms with van der Waals surface area (Å²) in [5, 5.41) is 41.0. The molecule has 0 aromatic carbocycles. The van der Waals surface area contributed by atoms with Crippen molar-refractivity contribution in [3.05, 3.63) is 54.0 Å². The SMILES string of the molecule is C=c1[nH]n(CCO)c(=O)c1=CC=Cc1c(C)c(C#N)c(=O)n(CCO)c1O. The van der Waals surface area contributed by atoms with E-state index in [1.165, 1.54) is 29.8 Å². The summed E-state index contributed by atoms with van der Waals surface area (Å²) >= 11 is 0. The molecule has 2 aromatic heterocycles. The van der Waals surface area contributed by atoms with Crippen molar-refractivity contribution < 1.29 is 15.3 Å². The second-order valence-electron chi connectivity index (χ2n) is 5.74. The van der Waals surface area contributed by atoms with Gasteiger partial charge < -0.3 is 15.3 Å². The first-order valence-electron chi connectivity index (χ1n) is 8.11. The summed E-state index contributed by atoms with van der Waals surface area (Å²) in [5.41, 5.74) is -0.651. The van der Waals surface area contributed by atoms with E-state index in [-0.39, 0.29) is 54.1 Å². The van der Waals surface area contributed by atoms with E-state index in [2.05, 4.69) is 11.7 Å². The average Bonchev–Trinajstić information content (AvgIpc) is 2.89. The number of rotatable bonds is 6. The van der Waals surface area contributed by atoms with Gasteiger partial charge >= 0.3 is 0 Å². The van der Waals surface area contributed by atoms with Gasteiger partial charge in [-0.3, -0.25) is 19.3 Å². The number of aliphatic hydroxyl groups is 2. The number of aromatic nitrogens is 3. The minimum Gasteiger partial charge on any atom is -0.494 e. The zero-order valence-corrected chi connectivity index (χ0v) is 14.8. The highest BCUT2D eigenvalue weighted by Crippen LogP contribution is 2.22. The van der Waals surface area contributed by atoms with Crippen LogP contribution in [-0.4, -0.2) is 42.9 Å². The van der Waals surface area contributed by atoms with Crippen LogP contribution in [-0.2, 0) is 13.1 Å². The van der Waals surface area contributed by atoms with Crippen molar-refractivity contribution in [3.8, 4) is 11.9 Å². The fraction of sp³-hybridized carbons (Fsp3) is 0.278. The van der Waals surface area contributed by atoms with Crippen LogP contribution in [0.4, 0.5) is 0 Å². The number of aliphatic hydroxyl groups excluding tert-OH is 2. The van der Waals surface area contributed by atoms with Crippen LogP contribution in [0.25, 0.3) is 18.7 Å². The van der Waals surface area contributed by atoms with Crippen LogP contribution in [0, 0.1) is 18.3 Å². The molecule has 0 radical (unpaired) electrons. The molecule has 0 bridgehead atoms. The Morgan fingerprint density at radius 2 is 1.89 bits per heavy atom. The number of aromatic amines is 1. The summed E-state index contributed by atoms with van der Waals surface area (Å²) in [7, 11) is 0. The molecule has 0 fully saturated rings. The van der Waals surface area contributed by atoms with E-state index < -0.39 is 5.56 Å². The molecule has 0 aliphatic rings. The van der Waals surface area contributed by atoms with Crippen molar-refractivity contribution in [2.45, 2.75) is 20.0 Å². The lowest BCUT2D eigenvalue weighted by molar-refractivity contribution is 0.263. The molecule has 9 nitrogen and oxygen atoms in total. The van der Waals surface area contributed by atoms with E-state index >= 15 is 0 Å². The van der Waals surface area contributed by atoms with Gasteiger partial charge in [0.25, 0.3) is 11.1 Å². The van der Waals surface area contributed by atoms with Gasteiger partial charge in [-0.2, -0.15) is 5.26 Å². The number of allylic oxidation sites excluding steroid dienone is 1. The normalized spacial score (nSPS) is 12.0. The van der Waals surface area contributed by atoms with Crippen molar-refractivity contribution in [3.63, 3.8) is 0 Å². The molecule has 0 saturated heterocycles. The largest absolute Gasteiger partial charge is 0.494 e. The van der Waals surface area contributed by atoms with Gasteiger partial charge in [-0.1, -0.05) is 12.7 Å². The van der Waals surface area contributed by atoms with Gasteiger partial charge in [0.1, 0.15) is 11.6 Å². The third kappa shape index (κ3) is 3.76. The Bertz CT molecular complexity index is 1140. The number of nitrogens with zero attached hydrogens (tertiary/aromatic N) is 3.